The van der Waals surface area contributed by atoms with Crippen molar-refractivity contribution in [1.82, 2.24) is 42.1 Å². The van der Waals surface area contributed by atoms with Crippen molar-refractivity contribution in [3.8, 4) is 0 Å². The summed E-state index contributed by atoms with van der Waals surface area (Å²) in [5.74, 6) is 6.37. The molecule has 580 valence electrons. The Hall–Kier alpha value is -0.640. The molecule has 0 aromatic carbocycles. The highest BCUT2D eigenvalue weighted by atomic mass is 16.5. The first-order valence-electron chi connectivity index (χ1n) is 44.8. The van der Waals surface area contributed by atoms with Crippen LogP contribution in [0.15, 0.2) is 0 Å². The smallest absolute Gasteiger partial charge is 0.0678 e. The van der Waals surface area contributed by atoms with E-state index in [1.165, 1.54) is 116 Å². The predicted octanol–water partition coefficient (Wildman–Crippen LogP) is 14.4. The van der Waals surface area contributed by atoms with Crippen LogP contribution in [0, 0.1) is 107 Å². The molecule has 0 aromatic rings. The molecular weight excluding hydrogens is 1260 g/mol. The number of rotatable bonds is 32. The predicted molar refractivity (Wildman–Crippen MR) is 403 cm³/mol. The lowest BCUT2D eigenvalue weighted by Crippen LogP contribution is -2.64. The first-order valence-corrected chi connectivity index (χ1v) is 44.8. The lowest BCUT2D eigenvalue weighted by atomic mass is 9.54. The monoisotopic (exact) mass is 1410 g/mol. The van der Waals surface area contributed by atoms with Crippen LogP contribution in [-0.4, -0.2) is 163 Å². The molecule has 16 nitrogen and oxygen atoms in total. The number of hydrogen-bond donors (Lipinski definition) is 7. The van der Waals surface area contributed by atoms with Crippen LogP contribution in [0.25, 0.3) is 0 Å². The second-order valence-corrected chi connectivity index (χ2v) is 36.2. The van der Waals surface area contributed by atoms with Gasteiger partial charge in [-0.15, -0.1) is 0 Å². The van der Waals surface area contributed by atoms with Crippen molar-refractivity contribution in [3.63, 3.8) is 0 Å². The van der Waals surface area contributed by atoms with Gasteiger partial charge in [-0.1, -0.05) is 171 Å². The zero-order valence-corrected chi connectivity index (χ0v) is 65.5. The van der Waals surface area contributed by atoms with E-state index in [9.17, 15) is 0 Å². The first-order chi connectivity index (χ1) is 49.8. The van der Waals surface area contributed by atoms with Gasteiger partial charge in [0.15, 0.2) is 0 Å². The minimum Gasteiger partial charge on any atom is -0.378 e. The number of nitrogens with one attached hydrogen (secondary N) is 7. The summed E-state index contributed by atoms with van der Waals surface area (Å²) in [4.78, 5) is 2.85. The molecule has 8 bridgehead atoms. The van der Waals surface area contributed by atoms with Gasteiger partial charge in [0.1, 0.15) is 0 Å². The van der Waals surface area contributed by atoms with Gasteiger partial charge in [0, 0.05) is 100 Å². The van der Waals surface area contributed by atoms with Crippen molar-refractivity contribution in [2.75, 3.05) is 59.9 Å². The van der Waals surface area contributed by atoms with Crippen molar-refractivity contribution < 1.29 is 37.9 Å². The minimum absolute atomic E-state index is 0.0172. The Morgan fingerprint density at radius 1 is 0.238 bits per heavy atom. The molecule has 5 saturated heterocycles. The third-order valence-electron chi connectivity index (χ3n) is 30.5. The van der Waals surface area contributed by atoms with Crippen LogP contribution in [0.5, 0.6) is 0 Å². The van der Waals surface area contributed by atoms with Crippen LogP contribution in [0.2, 0.25) is 0 Å². The van der Waals surface area contributed by atoms with Crippen molar-refractivity contribution in [2.45, 2.75) is 372 Å². The Balaban J connectivity index is 0.970. The van der Waals surface area contributed by atoms with Crippen molar-refractivity contribution in [2.24, 2.45) is 107 Å². The fourth-order valence-corrected chi connectivity index (χ4v) is 25.9. The van der Waals surface area contributed by atoms with E-state index >= 15 is 0 Å². The molecule has 34 unspecified atom stereocenters. The van der Waals surface area contributed by atoms with Crippen LogP contribution < -0.4 is 37.2 Å². The second-order valence-electron chi connectivity index (χ2n) is 36.2. The Bertz CT molecular complexity index is 2460. The highest BCUT2D eigenvalue weighted by Gasteiger charge is 2.70. The summed E-state index contributed by atoms with van der Waals surface area (Å²) in [5, 5.41) is 33.5. The molecular formula is C85H152N8O8. The van der Waals surface area contributed by atoms with Crippen molar-refractivity contribution in [1.29, 1.82) is 0 Å². The van der Waals surface area contributed by atoms with Crippen LogP contribution in [-0.2, 0) is 37.9 Å². The molecule has 101 heavy (non-hydrogen) atoms. The molecule has 34 atom stereocenters. The van der Waals surface area contributed by atoms with Crippen molar-refractivity contribution >= 4 is 0 Å². The summed E-state index contributed by atoms with van der Waals surface area (Å²) < 4.78 is 62.3. The molecule has 0 aromatic heterocycles. The minimum atomic E-state index is -0.0690. The van der Waals surface area contributed by atoms with E-state index in [0.717, 1.165) is 167 Å². The fourth-order valence-electron chi connectivity index (χ4n) is 25.9. The van der Waals surface area contributed by atoms with Crippen LogP contribution in [0.1, 0.15) is 274 Å². The zero-order valence-electron chi connectivity index (χ0n) is 65.5. The molecule has 14 fully saturated rings. The van der Waals surface area contributed by atoms with Crippen molar-refractivity contribution in [3.05, 3.63) is 0 Å². The van der Waals surface area contributed by atoms with Crippen LogP contribution in [0.3, 0.4) is 0 Å². The van der Waals surface area contributed by atoms with Crippen LogP contribution >= 0.6 is 0 Å². The van der Waals surface area contributed by atoms with Gasteiger partial charge in [-0.2, -0.15) is 0 Å². The lowest BCUT2D eigenvalue weighted by molar-refractivity contribution is -0.189. The average Bonchev–Trinajstić information content (AvgIpc) is 1.58. The van der Waals surface area contributed by atoms with Gasteiger partial charge in [-0.3, -0.25) is 42.1 Å². The van der Waals surface area contributed by atoms with E-state index in [0.29, 0.717) is 47.3 Å². The quantitative estimate of drug-likeness (QED) is 0.0318. The standard InChI is InChI=1S/C85H152N8O8/c1-10-18-42-94-70-54-36-28-29-37-55(54)71(95-43-19-11-2)63-62(70)78-86-79(63)88-81-66-67(77(101-49-25-17-8)61-51-53-35-27-26-34-52(53)50-60(61)76(66)100-48-24-16-7)83(90-81)92-85-69-68(74(98-46-22-14-5)58-40-32-33-41-59(58)75(69)99-47-23-15-6)84(93(85)9)91-82-65-64(80(87-78)89-82)72(96-44-20-12-3)56-38-30-31-39-57(56)73(65)97-45-21-13-4/h52-92H,10-51H2,1-9H3. The fraction of sp³-hybridized carbons (Fsp3) is 1.00. The Kier molecular flexibility index (Phi) is 28.2. The van der Waals surface area contributed by atoms with E-state index in [4.69, 9.17) is 75.1 Å². The normalized spacial score (nSPS) is 46.9. The highest BCUT2D eigenvalue weighted by Crippen LogP contribution is 2.61. The maximum atomic E-state index is 7.90. The molecule has 7 N–H and O–H groups in total. The number of fused-ring (bicyclic) bond motifs is 25. The average molecular weight is 1410 g/mol. The van der Waals surface area contributed by atoms with E-state index in [1.54, 1.807) is 0 Å². The third-order valence-corrected chi connectivity index (χ3v) is 30.5. The van der Waals surface area contributed by atoms with E-state index in [1.807, 2.05) is 0 Å². The summed E-state index contributed by atoms with van der Waals surface area (Å²) >= 11 is 0. The molecule has 0 radical (unpaired) electrons. The number of hydrogen-bond acceptors (Lipinski definition) is 16. The lowest BCUT2D eigenvalue weighted by Gasteiger charge is -2.56. The summed E-state index contributed by atoms with van der Waals surface area (Å²) in [5.41, 5.74) is 0. The number of unbranched alkanes of at least 4 members (excludes halogenated alkanes) is 8. The van der Waals surface area contributed by atoms with Gasteiger partial charge in [-0.05, 0) is 169 Å². The molecule has 14 rings (SSSR count). The molecule has 9 aliphatic carbocycles. The number of nitrogens with zero attached hydrogens (tertiary/aromatic N) is 1. The summed E-state index contributed by atoms with van der Waals surface area (Å²) in [6, 6.07) is 0. The SMILES string of the molecule is CCCCOC1C2CCCCC2C(OCCCC)C2C3NC(NC4NC(NC5C6C(OCCCC)C7CCCCC7C(OCCCC)C6C(NC6NC(N3)C3C(OCCCC)C7CC8CCCCC8CC7C(OCCCC)C63)N5C)C3C(OCCCC)C5CCCCC5C(OCCCC)C43)C12. The number of ether oxygens (including phenoxy) is 8. The van der Waals surface area contributed by atoms with Crippen LogP contribution in [0.4, 0.5) is 0 Å². The maximum Gasteiger partial charge on any atom is 0.0678 e. The maximum absolute atomic E-state index is 7.90. The Morgan fingerprint density at radius 2 is 0.426 bits per heavy atom. The molecule has 14 aliphatic rings. The molecule has 0 amide bonds. The van der Waals surface area contributed by atoms with Gasteiger partial charge in [0.05, 0.1) is 98.2 Å². The molecule has 16 heteroatoms. The van der Waals surface area contributed by atoms with Gasteiger partial charge >= 0.3 is 0 Å². The zero-order chi connectivity index (χ0) is 69.5. The van der Waals surface area contributed by atoms with Gasteiger partial charge in [-0.25, -0.2) is 0 Å². The van der Waals surface area contributed by atoms with Gasteiger partial charge in [0.25, 0.3) is 0 Å². The molecule has 0 spiro atoms. The van der Waals surface area contributed by atoms with Gasteiger partial charge < -0.3 is 37.9 Å². The van der Waals surface area contributed by atoms with E-state index < -0.39 is 0 Å². The second kappa shape index (κ2) is 36.9. The van der Waals surface area contributed by atoms with E-state index in [-0.39, 0.29) is 146 Å². The third kappa shape index (κ3) is 15.9. The summed E-state index contributed by atoms with van der Waals surface area (Å²) in [6.45, 7) is 25.3. The molecule has 5 aliphatic heterocycles. The highest BCUT2D eigenvalue weighted by molar-refractivity contribution is 5.20. The van der Waals surface area contributed by atoms with Gasteiger partial charge in [0.2, 0.25) is 0 Å². The Morgan fingerprint density at radius 3 is 0.644 bits per heavy atom. The molecule has 5 heterocycles. The topological polar surface area (TPSA) is 161 Å². The molecule has 9 saturated carbocycles. The summed E-state index contributed by atoms with van der Waals surface area (Å²) in [7, 11) is 2.53. The summed E-state index contributed by atoms with van der Waals surface area (Å²) in [6.07, 6.45) is 41.0. The van der Waals surface area contributed by atoms with E-state index in [2.05, 4.69) is 67.3 Å². The Labute approximate surface area is 615 Å². The first kappa shape index (κ1) is 77.1. The largest absolute Gasteiger partial charge is 0.378 e.